The van der Waals surface area contributed by atoms with E-state index in [1.165, 1.54) is 120 Å². The molecule has 0 saturated carbocycles. The molecule has 0 atom stereocenters. The van der Waals surface area contributed by atoms with Gasteiger partial charge in [0.1, 0.15) is 0 Å². The first-order valence-corrected chi connectivity index (χ1v) is 14.2. The van der Waals surface area contributed by atoms with Gasteiger partial charge in [-0.25, -0.2) is 0 Å². The average Bonchev–Trinajstić information content (AvgIpc) is 2.88. The normalized spacial score (nSPS) is 11.4. The summed E-state index contributed by atoms with van der Waals surface area (Å²) in [6.45, 7) is 3.44. The molecule has 188 valence electrons. The van der Waals surface area contributed by atoms with Gasteiger partial charge in [-0.05, 0) is 41.8 Å². The number of nitrogens with zero attached hydrogens (tertiary/aromatic N) is 2. The van der Waals surface area contributed by atoms with Crippen molar-refractivity contribution in [2.75, 3.05) is 18.5 Å². The highest BCUT2D eigenvalue weighted by Crippen LogP contribution is 2.17. The molecule has 1 aromatic carbocycles. The van der Waals surface area contributed by atoms with Crippen LogP contribution in [0.3, 0.4) is 0 Å². The fourth-order valence-corrected chi connectivity index (χ4v) is 4.53. The lowest BCUT2D eigenvalue weighted by molar-refractivity contribution is 0.529. The van der Waals surface area contributed by atoms with E-state index in [2.05, 4.69) is 60.3 Å². The molecule has 34 heavy (non-hydrogen) atoms. The first-order valence-electron chi connectivity index (χ1n) is 14.2. The third-order valence-electron chi connectivity index (χ3n) is 6.86. The standard InChI is InChI=1S/C32H50N2/c1-3-4-5-6-7-8-9-10-11-12-13-14-15-16-17-18-29-34(2)32-23-21-30(22-24-32)19-20-31-25-27-33-28-26-31/h19-28H,3-18,29H2,1-2H3. The summed E-state index contributed by atoms with van der Waals surface area (Å²) < 4.78 is 0. The van der Waals surface area contributed by atoms with Crippen molar-refractivity contribution in [2.24, 2.45) is 0 Å². The Labute approximate surface area is 210 Å². The monoisotopic (exact) mass is 462 g/mol. The Morgan fingerprint density at radius 2 is 0.971 bits per heavy atom. The minimum atomic E-state index is 1.14. The summed E-state index contributed by atoms with van der Waals surface area (Å²) >= 11 is 0. The fraction of sp³-hybridized carbons (Fsp3) is 0.594. The van der Waals surface area contributed by atoms with Crippen molar-refractivity contribution in [1.29, 1.82) is 0 Å². The van der Waals surface area contributed by atoms with Gasteiger partial charge in [-0.2, -0.15) is 0 Å². The molecule has 1 aromatic heterocycles. The highest BCUT2D eigenvalue weighted by molar-refractivity contribution is 5.70. The van der Waals surface area contributed by atoms with Crippen LogP contribution in [-0.2, 0) is 0 Å². The number of anilines is 1. The Balaban J connectivity index is 1.42. The van der Waals surface area contributed by atoms with Crippen LogP contribution in [0.4, 0.5) is 5.69 Å². The lowest BCUT2D eigenvalue weighted by Crippen LogP contribution is -2.18. The quantitative estimate of drug-likeness (QED) is 0.182. The first kappa shape index (κ1) is 28.1. The minimum Gasteiger partial charge on any atom is -0.375 e. The number of hydrogen-bond acceptors (Lipinski definition) is 2. The topological polar surface area (TPSA) is 16.1 Å². The van der Waals surface area contributed by atoms with Gasteiger partial charge in [-0.3, -0.25) is 4.98 Å². The largest absolute Gasteiger partial charge is 0.375 e. The molecule has 0 amide bonds. The molecule has 0 radical (unpaired) electrons. The first-order chi connectivity index (χ1) is 16.8. The summed E-state index contributed by atoms with van der Waals surface area (Å²) in [6, 6.07) is 12.9. The van der Waals surface area contributed by atoms with E-state index in [0.717, 1.165) is 6.54 Å². The molecule has 0 aliphatic carbocycles. The van der Waals surface area contributed by atoms with Crippen LogP contribution in [0, 0.1) is 0 Å². The predicted molar refractivity (Wildman–Crippen MR) is 152 cm³/mol. The molecule has 1 heterocycles. The zero-order valence-electron chi connectivity index (χ0n) is 22.2. The minimum absolute atomic E-state index is 1.14. The highest BCUT2D eigenvalue weighted by atomic mass is 15.1. The van der Waals surface area contributed by atoms with Gasteiger partial charge in [0.2, 0.25) is 0 Å². The Bertz CT molecular complexity index is 735. The number of pyridine rings is 1. The van der Waals surface area contributed by atoms with E-state index in [1.54, 1.807) is 0 Å². The molecule has 0 fully saturated rings. The van der Waals surface area contributed by atoms with E-state index >= 15 is 0 Å². The molecule has 0 aliphatic rings. The lowest BCUT2D eigenvalue weighted by Gasteiger charge is -2.19. The van der Waals surface area contributed by atoms with E-state index in [1.807, 2.05) is 24.5 Å². The summed E-state index contributed by atoms with van der Waals surface area (Å²) in [5, 5.41) is 0. The van der Waals surface area contributed by atoms with Crippen LogP contribution in [-0.4, -0.2) is 18.6 Å². The van der Waals surface area contributed by atoms with Crippen molar-refractivity contribution in [2.45, 2.75) is 110 Å². The molecule has 2 nitrogen and oxygen atoms in total. The van der Waals surface area contributed by atoms with Crippen molar-refractivity contribution in [3.63, 3.8) is 0 Å². The summed E-state index contributed by atoms with van der Waals surface area (Å²) in [7, 11) is 2.22. The molecule has 2 aromatic rings. The molecule has 2 rings (SSSR count). The maximum absolute atomic E-state index is 4.06. The average molecular weight is 463 g/mol. The second-order valence-electron chi connectivity index (χ2n) is 9.93. The van der Waals surface area contributed by atoms with Gasteiger partial charge < -0.3 is 4.90 Å². The maximum atomic E-state index is 4.06. The van der Waals surface area contributed by atoms with E-state index in [4.69, 9.17) is 0 Å². The second kappa shape index (κ2) is 19.2. The molecule has 0 aliphatic heterocycles. The van der Waals surface area contributed by atoms with Crippen molar-refractivity contribution >= 4 is 17.8 Å². The number of aromatic nitrogens is 1. The molecular formula is C32H50N2. The third kappa shape index (κ3) is 13.6. The van der Waals surface area contributed by atoms with Crippen LogP contribution >= 0.6 is 0 Å². The summed E-state index contributed by atoms with van der Waals surface area (Å²) in [5.41, 5.74) is 3.72. The molecule has 0 unspecified atom stereocenters. The van der Waals surface area contributed by atoms with Crippen LogP contribution in [0.2, 0.25) is 0 Å². The van der Waals surface area contributed by atoms with Crippen molar-refractivity contribution < 1.29 is 0 Å². The molecule has 0 N–H and O–H groups in total. The van der Waals surface area contributed by atoms with Crippen molar-refractivity contribution in [3.05, 3.63) is 59.9 Å². The van der Waals surface area contributed by atoms with Gasteiger partial charge in [-0.15, -0.1) is 0 Å². The Hall–Kier alpha value is -2.09. The van der Waals surface area contributed by atoms with E-state index in [0.29, 0.717) is 0 Å². The molecule has 2 heteroatoms. The molecule has 0 saturated heterocycles. The Kier molecular flexibility index (Phi) is 15.9. The number of unbranched alkanes of at least 4 members (excludes halogenated alkanes) is 15. The zero-order chi connectivity index (χ0) is 24.1. The van der Waals surface area contributed by atoms with Gasteiger partial charge in [0.15, 0.2) is 0 Å². The smallest absolute Gasteiger partial charge is 0.0364 e. The second-order valence-corrected chi connectivity index (χ2v) is 9.93. The highest BCUT2D eigenvalue weighted by Gasteiger charge is 2.01. The van der Waals surface area contributed by atoms with Gasteiger partial charge in [0, 0.05) is 31.7 Å². The van der Waals surface area contributed by atoms with Crippen LogP contribution in [0.15, 0.2) is 48.8 Å². The SMILES string of the molecule is CCCCCCCCCCCCCCCCCCN(C)c1ccc(C=Cc2ccncc2)cc1. The third-order valence-corrected chi connectivity index (χ3v) is 6.86. The fourth-order valence-electron chi connectivity index (χ4n) is 4.53. The van der Waals surface area contributed by atoms with Gasteiger partial charge in [0.05, 0.1) is 0 Å². The van der Waals surface area contributed by atoms with E-state index < -0.39 is 0 Å². The van der Waals surface area contributed by atoms with Gasteiger partial charge in [-0.1, -0.05) is 128 Å². The number of benzene rings is 1. The van der Waals surface area contributed by atoms with Crippen molar-refractivity contribution in [3.8, 4) is 0 Å². The van der Waals surface area contributed by atoms with Crippen molar-refractivity contribution in [1.82, 2.24) is 4.98 Å². The zero-order valence-corrected chi connectivity index (χ0v) is 22.2. The predicted octanol–water partition coefficient (Wildman–Crippen LogP) is 9.95. The number of rotatable bonds is 20. The summed E-state index contributed by atoms with van der Waals surface area (Å²) in [5.74, 6) is 0. The van der Waals surface area contributed by atoms with E-state index in [9.17, 15) is 0 Å². The van der Waals surface area contributed by atoms with Crippen LogP contribution in [0.25, 0.3) is 12.2 Å². The summed E-state index contributed by atoms with van der Waals surface area (Å²) in [6.07, 6.45) is 30.7. The Morgan fingerprint density at radius 3 is 1.44 bits per heavy atom. The van der Waals surface area contributed by atoms with Crippen LogP contribution < -0.4 is 4.90 Å². The maximum Gasteiger partial charge on any atom is 0.0364 e. The molecular weight excluding hydrogens is 412 g/mol. The molecule has 0 bridgehead atoms. The lowest BCUT2D eigenvalue weighted by atomic mass is 10.0. The van der Waals surface area contributed by atoms with Crippen LogP contribution in [0.1, 0.15) is 121 Å². The van der Waals surface area contributed by atoms with Gasteiger partial charge in [0.25, 0.3) is 0 Å². The molecule has 0 spiro atoms. The summed E-state index contributed by atoms with van der Waals surface area (Å²) in [4.78, 5) is 6.45. The number of hydrogen-bond donors (Lipinski definition) is 0. The van der Waals surface area contributed by atoms with Crippen LogP contribution in [0.5, 0.6) is 0 Å². The van der Waals surface area contributed by atoms with Gasteiger partial charge >= 0.3 is 0 Å². The Morgan fingerprint density at radius 1 is 0.559 bits per heavy atom. The van der Waals surface area contributed by atoms with E-state index in [-0.39, 0.29) is 0 Å².